The summed E-state index contributed by atoms with van der Waals surface area (Å²) in [5.74, 6) is 0. The smallest absolute Gasteiger partial charge is 0.315 e. The van der Waals surface area contributed by atoms with Crippen LogP contribution in [0.4, 0.5) is 4.79 Å². The molecule has 5 nitrogen and oxygen atoms in total. The summed E-state index contributed by atoms with van der Waals surface area (Å²) >= 11 is 1.61. The second-order valence-corrected chi connectivity index (χ2v) is 6.20. The standard InChI is InChI=1S/C17H22N2O3S/c1-22-12-14(20)11-18-17(21)19-15(16-8-5-9-23-16)10-13-6-3-2-4-7-13/h2-9,14-15,20H,10-12H2,1H3,(H2,18,19,21). The van der Waals surface area contributed by atoms with Crippen LogP contribution < -0.4 is 10.6 Å². The summed E-state index contributed by atoms with van der Waals surface area (Å²) in [7, 11) is 1.51. The molecule has 0 aliphatic heterocycles. The van der Waals surface area contributed by atoms with Crippen LogP contribution in [0.25, 0.3) is 0 Å². The lowest BCUT2D eigenvalue weighted by molar-refractivity contribution is 0.0659. The van der Waals surface area contributed by atoms with Crippen molar-refractivity contribution in [3.05, 3.63) is 58.3 Å². The Morgan fingerprint density at radius 1 is 1.26 bits per heavy atom. The van der Waals surface area contributed by atoms with E-state index in [4.69, 9.17) is 4.74 Å². The number of carbonyl (C=O) groups excluding carboxylic acids is 1. The molecule has 23 heavy (non-hydrogen) atoms. The summed E-state index contributed by atoms with van der Waals surface area (Å²) in [6.07, 6.45) is 0.00938. The van der Waals surface area contributed by atoms with E-state index in [1.54, 1.807) is 11.3 Å². The van der Waals surface area contributed by atoms with E-state index >= 15 is 0 Å². The van der Waals surface area contributed by atoms with Crippen LogP contribution in [0.15, 0.2) is 47.8 Å². The van der Waals surface area contributed by atoms with E-state index in [1.807, 2.05) is 47.8 Å². The number of hydrogen-bond acceptors (Lipinski definition) is 4. The molecule has 1 heterocycles. The molecule has 0 bridgehead atoms. The summed E-state index contributed by atoms with van der Waals surface area (Å²) in [5.41, 5.74) is 1.16. The zero-order chi connectivity index (χ0) is 16.5. The first-order chi connectivity index (χ1) is 11.2. The van der Waals surface area contributed by atoms with Gasteiger partial charge in [0.05, 0.1) is 18.8 Å². The van der Waals surface area contributed by atoms with Crippen molar-refractivity contribution < 1.29 is 14.6 Å². The lowest BCUT2D eigenvalue weighted by atomic mass is 10.0. The zero-order valence-corrected chi connectivity index (χ0v) is 13.9. The van der Waals surface area contributed by atoms with Gasteiger partial charge in [0.2, 0.25) is 0 Å². The topological polar surface area (TPSA) is 70.6 Å². The van der Waals surface area contributed by atoms with E-state index < -0.39 is 6.10 Å². The van der Waals surface area contributed by atoms with Crippen molar-refractivity contribution in [1.82, 2.24) is 10.6 Å². The van der Waals surface area contributed by atoms with Crippen LogP contribution in [-0.2, 0) is 11.2 Å². The number of rotatable bonds is 8. The van der Waals surface area contributed by atoms with Crippen molar-refractivity contribution in [3.8, 4) is 0 Å². The molecule has 124 valence electrons. The van der Waals surface area contributed by atoms with E-state index in [2.05, 4.69) is 10.6 Å². The Morgan fingerprint density at radius 2 is 2.04 bits per heavy atom. The Balaban J connectivity index is 1.94. The van der Waals surface area contributed by atoms with Crippen molar-refractivity contribution >= 4 is 17.4 Å². The number of thiophene rings is 1. The van der Waals surface area contributed by atoms with Crippen molar-refractivity contribution in [3.63, 3.8) is 0 Å². The summed E-state index contributed by atoms with van der Waals surface area (Å²) < 4.78 is 4.83. The fourth-order valence-corrected chi connectivity index (χ4v) is 3.01. The molecule has 0 saturated carbocycles. The Kier molecular flexibility index (Phi) is 7.06. The second kappa shape index (κ2) is 9.29. The highest BCUT2D eigenvalue weighted by atomic mass is 32.1. The summed E-state index contributed by atoms with van der Waals surface area (Å²) in [4.78, 5) is 13.2. The minimum absolute atomic E-state index is 0.100. The van der Waals surface area contributed by atoms with Gasteiger partial charge in [0.25, 0.3) is 0 Å². The molecule has 2 atom stereocenters. The molecule has 1 aromatic heterocycles. The molecule has 0 radical (unpaired) electrons. The zero-order valence-electron chi connectivity index (χ0n) is 13.1. The summed E-state index contributed by atoms with van der Waals surface area (Å²) in [6.45, 7) is 0.348. The molecule has 2 amide bonds. The van der Waals surface area contributed by atoms with Gasteiger partial charge in [0.1, 0.15) is 0 Å². The van der Waals surface area contributed by atoms with Gasteiger partial charge >= 0.3 is 6.03 Å². The number of aliphatic hydroxyl groups is 1. The van der Waals surface area contributed by atoms with Crippen molar-refractivity contribution in [2.45, 2.75) is 18.6 Å². The van der Waals surface area contributed by atoms with E-state index in [9.17, 15) is 9.90 Å². The maximum Gasteiger partial charge on any atom is 0.315 e. The monoisotopic (exact) mass is 334 g/mol. The third kappa shape index (κ3) is 6.02. The average molecular weight is 334 g/mol. The average Bonchev–Trinajstić information content (AvgIpc) is 3.08. The maximum atomic E-state index is 12.1. The number of carbonyl (C=O) groups is 1. The number of benzene rings is 1. The Bertz CT molecular complexity index is 575. The number of hydrogen-bond donors (Lipinski definition) is 3. The van der Waals surface area contributed by atoms with E-state index in [-0.39, 0.29) is 25.2 Å². The Hall–Kier alpha value is -1.89. The predicted molar refractivity (Wildman–Crippen MR) is 91.6 cm³/mol. The van der Waals surface area contributed by atoms with Crippen LogP contribution in [0, 0.1) is 0 Å². The normalized spacial score (nSPS) is 13.3. The molecular formula is C17H22N2O3S. The lowest BCUT2D eigenvalue weighted by Crippen LogP contribution is -2.42. The van der Waals surface area contributed by atoms with Gasteiger partial charge in [0.15, 0.2) is 0 Å². The first-order valence-electron chi connectivity index (χ1n) is 7.47. The molecule has 0 spiro atoms. The number of nitrogens with one attached hydrogen (secondary N) is 2. The minimum Gasteiger partial charge on any atom is -0.389 e. The highest BCUT2D eigenvalue weighted by Crippen LogP contribution is 2.22. The minimum atomic E-state index is -0.708. The highest BCUT2D eigenvalue weighted by Gasteiger charge is 2.16. The van der Waals surface area contributed by atoms with Crippen LogP contribution in [0.3, 0.4) is 0 Å². The molecule has 1 aromatic carbocycles. The molecule has 2 aromatic rings. The van der Waals surface area contributed by atoms with E-state index in [1.165, 1.54) is 7.11 Å². The molecule has 6 heteroatoms. The van der Waals surface area contributed by atoms with Gasteiger partial charge in [-0.1, -0.05) is 36.4 Å². The van der Waals surface area contributed by atoms with Crippen LogP contribution in [0.5, 0.6) is 0 Å². The molecule has 3 N–H and O–H groups in total. The van der Waals surface area contributed by atoms with Gasteiger partial charge in [-0.3, -0.25) is 0 Å². The lowest BCUT2D eigenvalue weighted by Gasteiger charge is -2.19. The van der Waals surface area contributed by atoms with Gasteiger partial charge < -0.3 is 20.5 Å². The van der Waals surface area contributed by atoms with Gasteiger partial charge in [-0.05, 0) is 23.4 Å². The van der Waals surface area contributed by atoms with E-state index in [0.717, 1.165) is 16.9 Å². The van der Waals surface area contributed by atoms with Crippen LogP contribution in [-0.4, -0.2) is 37.5 Å². The van der Waals surface area contributed by atoms with Crippen LogP contribution >= 0.6 is 11.3 Å². The SMILES string of the molecule is COCC(O)CNC(=O)NC(Cc1ccccc1)c1cccs1. The first-order valence-corrected chi connectivity index (χ1v) is 8.35. The molecule has 2 unspecified atom stereocenters. The predicted octanol–water partition coefficient (Wildman–Crippen LogP) is 2.34. The maximum absolute atomic E-state index is 12.1. The molecule has 0 fully saturated rings. The number of methoxy groups -OCH3 is 1. The van der Waals surface area contributed by atoms with Gasteiger partial charge in [-0.2, -0.15) is 0 Å². The fraction of sp³-hybridized carbons (Fsp3) is 0.353. The third-order valence-electron chi connectivity index (χ3n) is 3.33. The second-order valence-electron chi connectivity index (χ2n) is 5.22. The fourth-order valence-electron chi connectivity index (χ4n) is 2.23. The molecular weight excluding hydrogens is 312 g/mol. The Labute approximate surface area is 140 Å². The van der Waals surface area contributed by atoms with Crippen molar-refractivity contribution in [1.29, 1.82) is 0 Å². The molecule has 0 aliphatic carbocycles. The van der Waals surface area contributed by atoms with E-state index in [0.29, 0.717) is 0 Å². The van der Waals surface area contributed by atoms with Crippen molar-refractivity contribution in [2.24, 2.45) is 0 Å². The molecule has 0 aliphatic rings. The largest absolute Gasteiger partial charge is 0.389 e. The van der Waals surface area contributed by atoms with Crippen LogP contribution in [0.1, 0.15) is 16.5 Å². The van der Waals surface area contributed by atoms with Gasteiger partial charge in [-0.15, -0.1) is 11.3 Å². The molecule has 0 saturated heterocycles. The Morgan fingerprint density at radius 3 is 2.70 bits per heavy atom. The number of amides is 2. The number of aliphatic hydroxyl groups excluding tert-OH is 1. The summed E-state index contributed by atoms with van der Waals surface area (Å²) in [5, 5.41) is 17.2. The quantitative estimate of drug-likeness (QED) is 0.694. The van der Waals surface area contributed by atoms with Crippen LogP contribution in [0.2, 0.25) is 0 Å². The van der Waals surface area contributed by atoms with Crippen molar-refractivity contribution in [2.75, 3.05) is 20.3 Å². The van der Waals surface area contributed by atoms with Gasteiger partial charge in [-0.25, -0.2) is 4.79 Å². The molecule has 2 rings (SSSR count). The summed E-state index contributed by atoms with van der Waals surface area (Å²) in [6, 6.07) is 13.6. The first kappa shape index (κ1) is 17.5. The third-order valence-corrected chi connectivity index (χ3v) is 4.32. The number of ether oxygens (including phenoxy) is 1. The highest BCUT2D eigenvalue weighted by molar-refractivity contribution is 7.10. The van der Waals surface area contributed by atoms with Gasteiger partial charge in [0, 0.05) is 18.5 Å². The number of urea groups is 1.